The zero-order valence-corrected chi connectivity index (χ0v) is 13.8. The minimum atomic E-state index is -3.89. The van der Waals surface area contributed by atoms with Crippen LogP contribution in [-0.2, 0) is 14.8 Å². The lowest BCUT2D eigenvalue weighted by molar-refractivity contribution is -0.120. The highest BCUT2D eigenvalue weighted by molar-refractivity contribution is 9.10. The lowest BCUT2D eigenvalue weighted by Crippen LogP contribution is -2.37. The molecular formula is C12H16BrN3O4S. The van der Waals surface area contributed by atoms with E-state index in [2.05, 4.69) is 26.0 Å². The summed E-state index contributed by atoms with van der Waals surface area (Å²) >= 11 is 3.20. The first-order valence-electron chi connectivity index (χ1n) is 6.25. The molecule has 0 heterocycles. The zero-order chi connectivity index (χ0) is 15.6. The minimum Gasteiger partial charge on any atom is -0.495 e. The lowest BCUT2D eigenvalue weighted by atomic mass is 10.3. The molecule has 1 fully saturated rings. The van der Waals surface area contributed by atoms with Crippen LogP contribution in [0.4, 0.5) is 5.69 Å². The molecule has 0 unspecified atom stereocenters. The van der Waals surface area contributed by atoms with Gasteiger partial charge in [0.05, 0.1) is 13.7 Å². The molecule has 2 rings (SSSR count). The van der Waals surface area contributed by atoms with Crippen molar-refractivity contribution in [1.82, 2.24) is 10.0 Å². The van der Waals surface area contributed by atoms with E-state index in [1.807, 2.05) is 0 Å². The number of carbonyl (C=O) groups is 1. The van der Waals surface area contributed by atoms with Gasteiger partial charge in [0.2, 0.25) is 15.9 Å². The van der Waals surface area contributed by atoms with Gasteiger partial charge in [-0.3, -0.25) is 4.79 Å². The second-order valence-electron chi connectivity index (χ2n) is 4.69. The Kier molecular flexibility index (Phi) is 4.74. The fourth-order valence-corrected chi connectivity index (χ4v) is 3.15. The molecule has 0 bridgehead atoms. The van der Waals surface area contributed by atoms with Gasteiger partial charge in [-0.2, -0.15) is 0 Å². The number of halogens is 1. The SMILES string of the molecule is COc1cc(Br)c(N)cc1S(=O)(=O)NCC(=O)NC1CC1. The fraction of sp³-hybridized carbons (Fsp3) is 0.417. The predicted molar refractivity (Wildman–Crippen MR) is 81.5 cm³/mol. The van der Waals surface area contributed by atoms with Crippen LogP contribution in [0.1, 0.15) is 12.8 Å². The molecule has 9 heteroatoms. The third-order valence-corrected chi connectivity index (χ3v) is 5.05. The molecule has 1 aromatic rings. The summed E-state index contributed by atoms with van der Waals surface area (Å²) < 4.78 is 32.3. The minimum absolute atomic E-state index is 0.107. The Morgan fingerprint density at radius 2 is 2.14 bits per heavy atom. The Labute approximate surface area is 131 Å². The number of methoxy groups -OCH3 is 1. The van der Waals surface area contributed by atoms with Crippen LogP contribution in [0.5, 0.6) is 5.75 Å². The van der Waals surface area contributed by atoms with Gasteiger partial charge in [0.1, 0.15) is 10.6 Å². The van der Waals surface area contributed by atoms with Crippen LogP contribution in [0.2, 0.25) is 0 Å². The number of rotatable bonds is 6. The Morgan fingerprint density at radius 1 is 1.48 bits per heavy atom. The molecule has 1 amide bonds. The molecule has 1 aliphatic rings. The van der Waals surface area contributed by atoms with Crippen molar-refractivity contribution in [3.63, 3.8) is 0 Å². The number of nitrogens with two attached hydrogens (primary N) is 1. The Morgan fingerprint density at radius 3 is 2.71 bits per heavy atom. The second-order valence-corrected chi connectivity index (χ2v) is 7.28. The van der Waals surface area contributed by atoms with Crippen LogP contribution in [0, 0.1) is 0 Å². The molecule has 0 saturated heterocycles. The van der Waals surface area contributed by atoms with Crippen molar-refractivity contribution in [1.29, 1.82) is 0 Å². The largest absolute Gasteiger partial charge is 0.495 e. The van der Waals surface area contributed by atoms with Crippen LogP contribution in [-0.4, -0.2) is 34.0 Å². The van der Waals surface area contributed by atoms with E-state index in [9.17, 15) is 13.2 Å². The van der Waals surface area contributed by atoms with Crippen molar-refractivity contribution < 1.29 is 17.9 Å². The van der Waals surface area contributed by atoms with Gasteiger partial charge in [0.15, 0.2) is 0 Å². The number of hydrogen-bond acceptors (Lipinski definition) is 5. The molecule has 1 aromatic carbocycles. The summed E-state index contributed by atoms with van der Waals surface area (Å²) in [6.45, 7) is -0.321. The first kappa shape index (κ1) is 16.1. The lowest BCUT2D eigenvalue weighted by Gasteiger charge is -2.12. The predicted octanol–water partition coefficient (Wildman–Crippen LogP) is 0.597. The molecule has 0 spiro atoms. The smallest absolute Gasteiger partial charge is 0.244 e. The van der Waals surface area contributed by atoms with E-state index in [0.29, 0.717) is 4.47 Å². The van der Waals surface area contributed by atoms with E-state index < -0.39 is 10.0 Å². The highest BCUT2D eigenvalue weighted by Crippen LogP contribution is 2.32. The molecular weight excluding hydrogens is 362 g/mol. The van der Waals surface area contributed by atoms with Gasteiger partial charge in [-0.15, -0.1) is 0 Å². The number of sulfonamides is 1. The molecule has 0 aromatic heterocycles. The highest BCUT2D eigenvalue weighted by Gasteiger charge is 2.25. The molecule has 21 heavy (non-hydrogen) atoms. The van der Waals surface area contributed by atoms with Crippen molar-refractivity contribution in [2.45, 2.75) is 23.8 Å². The summed E-state index contributed by atoms with van der Waals surface area (Å²) in [4.78, 5) is 11.4. The summed E-state index contributed by atoms with van der Waals surface area (Å²) in [5.41, 5.74) is 5.96. The number of carbonyl (C=O) groups excluding carboxylic acids is 1. The van der Waals surface area contributed by atoms with Crippen LogP contribution < -0.4 is 20.5 Å². The fourth-order valence-electron chi connectivity index (χ4n) is 1.67. The maximum atomic E-state index is 12.2. The number of ether oxygens (including phenoxy) is 1. The monoisotopic (exact) mass is 377 g/mol. The number of benzene rings is 1. The van der Waals surface area contributed by atoms with Crippen LogP contribution in [0.15, 0.2) is 21.5 Å². The van der Waals surface area contributed by atoms with E-state index in [1.165, 1.54) is 19.2 Å². The Bertz CT molecular complexity index is 659. The van der Waals surface area contributed by atoms with Crippen molar-refractivity contribution in [3.05, 3.63) is 16.6 Å². The number of nitrogens with one attached hydrogen (secondary N) is 2. The average Bonchev–Trinajstić information content (AvgIpc) is 3.23. The second kappa shape index (κ2) is 6.20. The van der Waals surface area contributed by atoms with Crippen LogP contribution >= 0.6 is 15.9 Å². The number of anilines is 1. The maximum absolute atomic E-state index is 12.2. The molecule has 0 aliphatic heterocycles. The normalized spacial score (nSPS) is 14.8. The van der Waals surface area contributed by atoms with Crippen molar-refractivity contribution in [2.24, 2.45) is 0 Å². The van der Waals surface area contributed by atoms with Gasteiger partial charge in [0, 0.05) is 16.2 Å². The summed E-state index contributed by atoms with van der Waals surface area (Å²) in [6.07, 6.45) is 1.88. The summed E-state index contributed by atoms with van der Waals surface area (Å²) in [6, 6.07) is 2.93. The molecule has 0 radical (unpaired) electrons. The molecule has 4 N–H and O–H groups in total. The van der Waals surface area contributed by atoms with E-state index in [0.717, 1.165) is 12.8 Å². The zero-order valence-electron chi connectivity index (χ0n) is 11.3. The third kappa shape index (κ3) is 4.08. The van der Waals surface area contributed by atoms with Crippen molar-refractivity contribution in [3.8, 4) is 5.75 Å². The topological polar surface area (TPSA) is 111 Å². The summed E-state index contributed by atoms with van der Waals surface area (Å²) in [5, 5.41) is 2.70. The van der Waals surface area contributed by atoms with E-state index in [4.69, 9.17) is 10.5 Å². The van der Waals surface area contributed by atoms with E-state index in [1.54, 1.807) is 0 Å². The van der Waals surface area contributed by atoms with Gasteiger partial charge >= 0.3 is 0 Å². The van der Waals surface area contributed by atoms with E-state index in [-0.39, 0.29) is 34.8 Å². The Balaban J connectivity index is 2.14. The third-order valence-electron chi connectivity index (χ3n) is 2.94. The maximum Gasteiger partial charge on any atom is 0.244 e. The van der Waals surface area contributed by atoms with Crippen LogP contribution in [0.25, 0.3) is 0 Å². The average molecular weight is 378 g/mol. The molecule has 116 valence electrons. The van der Waals surface area contributed by atoms with Crippen molar-refractivity contribution in [2.75, 3.05) is 19.4 Å². The number of nitrogen functional groups attached to an aromatic ring is 1. The van der Waals surface area contributed by atoms with Gasteiger partial charge < -0.3 is 15.8 Å². The number of hydrogen-bond donors (Lipinski definition) is 3. The Hall–Kier alpha value is -1.32. The van der Waals surface area contributed by atoms with Gasteiger partial charge in [-0.1, -0.05) is 0 Å². The summed E-state index contributed by atoms with van der Waals surface area (Å²) in [5.74, 6) is -0.212. The molecule has 1 aliphatic carbocycles. The standard InChI is InChI=1S/C12H16BrN3O4S/c1-20-10-4-8(13)9(14)5-11(10)21(18,19)15-6-12(17)16-7-2-3-7/h4-5,7,15H,2-3,6,14H2,1H3,(H,16,17). The van der Waals surface area contributed by atoms with Crippen LogP contribution in [0.3, 0.4) is 0 Å². The highest BCUT2D eigenvalue weighted by atomic mass is 79.9. The summed E-state index contributed by atoms with van der Waals surface area (Å²) in [7, 11) is -2.53. The van der Waals surface area contributed by atoms with Gasteiger partial charge in [0.25, 0.3) is 0 Å². The quantitative estimate of drug-likeness (QED) is 0.628. The first-order valence-corrected chi connectivity index (χ1v) is 8.53. The number of amides is 1. The molecule has 1 saturated carbocycles. The molecule has 0 atom stereocenters. The van der Waals surface area contributed by atoms with Gasteiger partial charge in [-0.05, 0) is 40.9 Å². The van der Waals surface area contributed by atoms with E-state index >= 15 is 0 Å². The molecule has 7 nitrogen and oxygen atoms in total. The van der Waals surface area contributed by atoms with Gasteiger partial charge in [-0.25, -0.2) is 13.1 Å². The van der Waals surface area contributed by atoms with Crippen molar-refractivity contribution >= 4 is 37.5 Å². The first-order chi connectivity index (χ1) is 9.83.